The van der Waals surface area contributed by atoms with Crippen molar-refractivity contribution in [2.45, 2.75) is 0 Å². The van der Waals surface area contributed by atoms with Crippen LogP contribution >= 0.6 is 23.2 Å². The van der Waals surface area contributed by atoms with Gasteiger partial charge in [-0.2, -0.15) is 0 Å². The number of rotatable bonds is 14. The third-order valence-corrected chi connectivity index (χ3v) is 7.36. The van der Waals surface area contributed by atoms with Crippen molar-refractivity contribution in [2.75, 3.05) is 57.6 Å². The highest BCUT2D eigenvalue weighted by atomic mass is 35.5. The molecule has 0 aliphatic heterocycles. The van der Waals surface area contributed by atoms with Gasteiger partial charge in [0.15, 0.2) is 5.96 Å². The van der Waals surface area contributed by atoms with E-state index in [4.69, 9.17) is 34.7 Å². The van der Waals surface area contributed by atoms with Crippen molar-refractivity contribution in [1.29, 1.82) is 0 Å². The zero-order valence-electron chi connectivity index (χ0n) is 26.3. The van der Waals surface area contributed by atoms with Gasteiger partial charge in [0, 0.05) is 74.0 Å². The number of carbonyl (C=O) groups excluding carboxylic acids is 4. The van der Waals surface area contributed by atoms with E-state index in [-0.39, 0.29) is 24.1 Å². The van der Waals surface area contributed by atoms with Gasteiger partial charge in [-0.25, -0.2) is 4.99 Å². The summed E-state index contributed by atoms with van der Waals surface area (Å²) in [5, 5.41) is 11.0. The zero-order valence-corrected chi connectivity index (χ0v) is 27.8. The maximum atomic E-state index is 13.0. The summed E-state index contributed by atoms with van der Waals surface area (Å²) in [5.41, 5.74) is 14.3. The molecule has 2 aromatic heterocycles. The highest BCUT2D eigenvalue weighted by Gasteiger charge is 2.17. The first-order valence-corrected chi connectivity index (χ1v) is 15.7. The van der Waals surface area contributed by atoms with Crippen LogP contribution in [0.2, 0.25) is 0 Å². The maximum Gasteiger partial charge on any atom is 0.272 e. The molecule has 0 saturated heterocycles. The van der Waals surface area contributed by atoms with Gasteiger partial charge in [0.1, 0.15) is 17.9 Å². The number of nitrogens with zero attached hydrogens (tertiary/aromatic N) is 4. The van der Waals surface area contributed by atoms with Gasteiger partial charge in [-0.15, -0.1) is 23.2 Å². The molecule has 0 saturated carbocycles. The van der Waals surface area contributed by atoms with Crippen molar-refractivity contribution < 1.29 is 19.2 Å². The van der Waals surface area contributed by atoms with Crippen molar-refractivity contribution in [2.24, 2.45) is 30.6 Å². The third-order valence-electron chi connectivity index (χ3n) is 7.03. The SMILES string of the molecule is Cn1cc(NC(=O)CN=C(N)N)cc1C(=O)Nc1ccc(C(=O)Nc2cc(C(=O)Nc3ccc(N(CCCl)CCCl)cc3)n(C)c2)cc1. The number of hydrogen-bond acceptors (Lipinski definition) is 6. The number of hydrogen-bond donors (Lipinski definition) is 6. The van der Waals surface area contributed by atoms with E-state index in [1.54, 1.807) is 78.1 Å². The summed E-state index contributed by atoms with van der Waals surface area (Å²) < 4.78 is 3.17. The molecule has 16 heteroatoms. The zero-order chi connectivity index (χ0) is 34.8. The Morgan fingerprint density at radius 1 is 0.688 bits per heavy atom. The number of guanidine groups is 1. The minimum atomic E-state index is -0.444. The molecule has 4 aromatic rings. The maximum absolute atomic E-state index is 13.0. The van der Waals surface area contributed by atoms with Crippen molar-refractivity contribution in [3.8, 4) is 0 Å². The standard InChI is InChI=1S/C32H36Cl2N10O4/c1-42-18-23(38-28(45)17-37-32(35)36)15-26(42)30(47)39-21-5-3-20(4-6-21)29(46)41-24-16-27(43(2)19-24)31(48)40-22-7-9-25(10-8-22)44(13-11-33)14-12-34/h3-10,15-16,18-19H,11-14,17H2,1-2H3,(H,38,45)(H,39,47)(H,40,48)(H,41,46)(H4,35,36,37). The van der Waals surface area contributed by atoms with E-state index in [0.717, 1.165) is 5.69 Å². The second-order valence-corrected chi connectivity index (χ2v) is 11.3. The van der Waals surface area contributed by atoms with E-state index in [0.29, 0.717) is 58.9 Å². The summed E-state index contributed by atoms with van der Waals surface area (Å²) in [7, 11) is 3.36. The predicted octanol–water partition coefficient (Wildman–Crippen LogP) is 3.62. The summed E-state index contributed by atoms with van der Waals surface area (Å²) in [4.78, 5) is 56.5. The molecule has 2 aromatic carbocycles. The average Bonchev–Trinajstić information content (AvgIpc) is 3.61. The van der Waals surface area contributed by atoms with E-state index in [1.807, 2.05) is 12.1 Å². The Morgan fingerprint density at radius 3 is 1.62 bits per heavy atom. The molecule has 252 valence electrons. The molecule has 0 unspecified atom stereocenters. The molecule has 0 aliphatic rings. The lowest BCUT2D eigenvalue weighted by Crippen LogP contribution is -2.27. The normalized spacial score (nSPS) is 10.6. The van der Waals surface area contributed by atoms with E-state index in [1.165, 1.54) is 6.07 Å². The number of aromatic nitrogens is 2. The molecule has 2 heterocycles. The molecule has 0 radical (unpaired) electrons. The number of benzene rings is 2. The fourth-order valence-electron chi connectivity index (χ4n) is 4.71. The van der Waals surface area contributed by atoms with Gasteiger partial charge in [-0.1, -0.05) is 0 Å². The molecule has 0 aliphatic carbocycles. The largest absolute Gasteiger partial charge is 0.370 e. The molecule has 8 N–H and O–H groups in total. The second-order valence-electron chi connectivity index (χ2n) is 10.6. The monoisotopic (exact) mass is 694 g/mol. The van der Waals surface area contributed by atoms with E-state index >= 15 is 0 Å². The third kappa shape index (κ3) is 9.53. The predicted molar refractivity (Wildman–Crippen MR) is 191 cm³/mol. The summed E-state index contributed by atoms with van der Waals surface area (Å²) in [5.74, 6) is -0.882. The van der Waals surface area contributed by atoms with Crippen LogP contribution in [-0.4, -0.2) is 70.1 Å². The number of amides is 4. The highest BCUT2D eigenvalue weighted by Crippen LogP contribution is 2.21. The van der Waals surface area contributed by atoms with Crippen molar-refractivity contribution in [3.05, 3.63) is 90.0 Å². The molecular formula is C32H36Cl2N10O4. The number of aryl methyl sites for hydroxylation is 2. The van der Waals surface area contributed by atoms with Gasteiger partial charge in [0.2, 0.25) is 5.91 Å². The number of carbonyl (C=O) groups is 4. The van der Waals surface area contributed by atoms with Crippen molar-refractivity contribution >= 4 is 81.2 Å². The Bertz CT molecular complexity index is 1790. The molecule has 14 nitrogen and oxygen atoms in total. The van der Waals surface area contributed by atoms with Crippen LogP contribution in [0.1, 0.15) is 31.3 Å². The van der Waals surface area contributed by atoms with E-state index < -0.39 is 17.7 Å². The number of aliphatic imine (C=N–C) groups is 1. The Kier molecular flexibility index (Phi) is 12.1. The molecule has 4 rings (SSSR count). The van der Waals surface area contributed by atoms with Crippen LogP contribution in [0.4, 0.5) is 28.4 Å². The molecule has 0 fully saturated rings. The molecule has 48 heavy (non-hydrogen) atoms. The van der Waals surface area contributed by atoms with Gasteiger partial charge < -0.3 is 46.8 Å². The van der Waals surface area contributed by atoms with Gasteiger partial charge >= 0.3 is 0 Å². The summed E-state index contributed by atoms with van der Waals surface area (Å²) in [6.45, 7) is 1.06. The minimum absolute atomic E-state index is 0.204. The summed E-state index contributed by atoms with van der Waals surface area (Å²) >= 11 is 11.8. The lowest BCUT2D eigenvalue weighted by molar-refractivity contribution is -0.114. The van der Waals surface area contributed by atoms with Crippen molar-refractivity contribution in [1.82, 2.24) is 9.13 Å². The van der Waals surface area contributed by atoms with Crippen LogP contribution < -0.4 is 37.6 Å². The lowest BCUT2D eigenvalue weighted by Gasteiger charge is -2.23. The minimum Gasteiger partial charge on any atom is -0.370 e. The van der Waals surface area contributed by atoms with E-state index in [9.17, 15) is 19.2 Å². The Labute approximate surface area is 287 Å². The van der Waals surface area contributed by atoms with Crippen LogP contribution in [0.5, 0.6) is 0 Å². The fourth-order valence-corrected chi connectivity index (χ4v) is 5.12. The first-order chi connectivity index (χ1) is 23.0. The molecule has 4 amide bonds. The quantitative estimate of drug-likeness (QED) is 0.0659. The highest BCUT2D eigenvalue weighted by molar-refractivity contribution is 6.18. The lowest BCUT2D eigenvalue weighted by atomic mass is 10.2. The summed E-state index contributed by atoms with van der Waals surface area (Å²) in [6.07, 6.45) is 3.21. The first-order valence-electron chi connectivity index (χ1n) is 14.7. The molecule has 0 atom stereocenters. The fraction of sp³-hybridized carbons (Fsp3) is 0.219. The number of anilines is 5. The van der Waals surface area contributed by atoms with E-state index in [2.05, 4.69) is 31.2 Å². The Morgan fingerprint density at radius 2 is 1.15 bits per heavy atom. The average molecular weight is 696 g/mol. The Balaban J connectivity index is 1.33. The van der Waals surface area contributed by atoms with Gasteiger partial charge in [0.05, 0.1) is 11.4 Å². The van der Waals surface area contributed by atoms with Crippen LogP contribution in [0.3, 0.4) is 0 Å². The van der Waals surface area contributed by atoms with Gasteiger partial charge in [0.25, 0.3) is 17.7 Å². The smallest absolute Gasteiger partial charge is 0.272 e. The van der Waals surface area contributed by atoms with Crippen molar-refractivity contribution in [3.63, 3.8) is 0 Å². The second kappa shape index (κ2) is 16.4. The van der Waals surface area contributed by atoms with Gasteiger partial charge in [-0.3, -0.25) is 19.2 Å². The number of halogens is 2. The Hall–Kier alpha value is -5.47. The van der Waals surface area contributed by atoms with Crippen LogP contribution in [-0.2, 0) is 18.9 Å². The number of nitrogens with one attached hydrogen (secondary N) is 4. The molecular weight excluding hydrogens is 659 g/mol. The number of alkyl halides is 2. The topological polar surface area (TPSA) is 194 Å². The van der Waals surface area contributed by atoms with Gasteiger partial charge in [-0.05, 0) is 60.7 Å². The van der Waals surface area contributed by atoms with Crippen LogP contribution in [0.25, 0.3) is 0 Å². The van der Waals surface area contributed by atoms with Crippen LogP contribution in [0, 0.1) is 0 Å². The number of nitrogens with two attached hydrogens (primary N) is 2. The summed E-state index contributed by atoms with van der Waals surface area (Å²) in [6, 6.07) is 16.8. The molecule has 0 spiro atoms. The first kappa shape index (κ1) is 35.4. The molecule has 0 bridgehead atoms. The van der Waals surface area contributed by atoms with Crippen LogP contribution in [0.15, 0.2) is 78.0 Å².